The molecule has 1 heterocycles. The standard InChI is InChI=1S/C24H31N3O4/c1-5-31-24(30)21-14-26(20-12-8-18(15-28)9-13-20)25-22(21)27(16(2)3)23(29)19-10-6-17(4)7-11-19/h8-9,12-17,19H,5-7,10-11H2,1-4H3/t17-,19-. The van der Waals surface area contributed by atoms with Gasteiger partial charge in [0, 0.05) is 23.7 Å². The Bertz CT molecular complexity index is 925. The fourth-order valence-corrected chi connectivity index (χ4v) is 4.04. The predicted octanol–water partition coefficient (Wildman–Crippen LogP) is 4.43. The first-order valence-electron chi connectivity index (χ1n) is 11.0. The number of amides is 1. The summed E-state index contributed by atoms with van der Waals surface area (Å²) in [6.45, 7) is 8.05. The van der Waals surface area contributed by atoms with Crippen molar-refractivity contribution in [2.24, 2.45) is 11.8 Å². The zero-order chi connectivity index (χ0) is 22.5. The molecule has 0 saturated heterocycles. The Balaban J connectivity index is 2.02. The lowest BCUT2D eigenvalue weighted by atomic mass is 9.82. The largest absolute Gasteiger partial charge is 0.462 e. The summed E-state index contributed by atoms with van der Waals surface area (Å²) in [5.41, 5.74) is 1.49. The van der Waals surface area contributed by atoms with Gasteiger partial charge in [-0.3, -0.25) is 14.5 Å². The van der Waals surface area contributed by atoms with E-state index < -0.39 is 5.97 Å². The Labute approximate surface area is 183 Å². The number of carbonyl (C=O) groups excluding carboxylic acids is 3. The molecule has 1 aliphatic rings. The molecule has 1 fully saturated rings. The predicted molar refractivity (Wildman–Crippen MR) is 119 cm³/mol. The molecule has 1 saturated carbocycles. The van der Waals surface area contributed by atoms with Gasteiger partial charge in [0.2, 0.25) is 5.91 Å². The van der Waals surface area contributed by atoms with E-state index in [1.54, 1.807) is 47.0 Å². The number of anilines is 1. The molecule has 1 aromatic carbocycles. The van der Waals surface area contributed by atoms with Crippen molar-refractivity contribution in [1.29, 1.82) is 0 Å². The second-order valence-corrected chi connectivity index (χ2v) is 8.50. The molecule has 31 heavy (non-hydrogen) atoms. The molecule has 0 bridgehead atoms. The Morgan fingerprint density at radius 1 is 1.19 bits per heavy atom. The highest BCUT2D eigenvalue weighted by molar-refractivity contribution is 6.02. The fraction of sp³-hybridized carbons (Fsp3) is 0.500. The minimum absolute atomic E-state index is 0.00833. The van der Waals surface area contributed by atoms with Crippen LogP contribution in [0, 0.1) is 11.8 Å². The lowest BCUT2D eigenvalue weighted by molar-refractivity contribution is -0.124. The van der Waals surface area contributed by atoms with Crippen LogP contribution in [-0.2, 0) is 9.53 Å². The van der Waals surface area contributed by atoms with Crippen molar-refractivity contribution >= 4 is 24.0 Å². The minimum Gasteiger partial charge on any atom is -0.462 e. The minimum atomic E-state index is -0.510. The summed E-state index contributed by atoms with van der Waals surface area (Å²) in [6, 6.07) is 6.70. The van der Waals surface area contributed by atoms with Gasteiger partial charge in [-0.25, -0.2) is 9.48 Å². The molecule has 0 radical (unpaired) electrons. The molecular formula is C24H31N3O4. The van der Waals surface area contributed by atoms with Crippen LogP contribution < -0.4 is 4.90 Å². The topological polar surface area (TPSA) is 81.5 Å². The van der Waals surface area contributed by atoms with Crippen LogP contribution in [0.2, 0.25) is 0 Å². The fourth-order valence-electron chi connectivity index (χ4n) is 4.04. The van der Waals surface area contributed by atoms with Crippen molar-refractivity contribution in [2.45, 2.75) is 59.4 Å². The number of aldehydes is 1. The molecule has 0 spiro atoms. The van der Waals surface area contributed by atoms with E-state index >= 15 is 0 Å². The maximum Gasteiger partial charge on any atom is 0.343 e. The van der Waals surface area contributed by atoms with Crippen molar-refractivity contribution in [3.05, 3.63) is 41.6 Å². The molecule has 0 unspecified atom stereocenters. The van der Waals surface area contributed by atoms with Crippen LogP contribution in [0.25, 0.3) is 5.69 Å². The summed E-state index contributed by atoms with van der Waals surface area (Å²) in [5, 5.41) is 4.62. The van der Waals surface area contributed by atoms with Gasteiger partial charge in [0.25, 0.3) is 0 Å². The van der Waals surface area contributed by atoms with E-state index in [1.165, 1.54) is 0 Å². The van der Waals surface area contributed by atoms with Crippen LogP contribution in [0.5, 0.6) is 0 Å². The lowest BCUT2D eigenvalue weighted by Gasteiger charge is -2.32. The third kappa shape index (κ3) is 5.03. The summed E-state index contributed by atoms with van der Waals surface area (Å²) in [6.07, 6.45) is 6.13. The van der Waals surface area contributed by atoms with Crippen LogP contribution >= 0.6 is 0 Å². The maximum absolute atomic E-state index is 13.5. The number of aromatic nitrogens is 2. The molecule has 166 valence electrons. The van der Waals surface area contributed by atoms with Crippen molar-refractivity contribution in [2.75, 3.05) is 11.5 Å². The van der Waals surface area contributed by atoms with Gasteiger partial charge < -0.3 is 4.74 Å². The highest BCUT2D eigenvalue weighted by Crippen LogP contribution is 2.33. The molecule has 0 atom stereocenters. The smallest absolute Gasteiger partial charge is 0.343 e. The Kier molecular flexibility index (Phi) is 7.25. The van der Waals surface area contributed by atoms with E-state index in [1.807, 2.05) is 13.8 Å². The molecule has 3 rings (SSSR count). The van der Waals surface area contributed by atoms with E-state index in [-0.39, 0.29) is 30.0 Å². The van der Waals surface area contributed by atoms with Gasteiger partial charge in [0.1, 0.15) is 11.8 Å². The number of rotatable bonds is 7. The summed E-state index contributed by atoms with van der Waals surface area (Å²) in [7, 11) is 0. The second kappa shape index (κ2) is 9.90. The van der Waals surface area contributed by atoms with Crippen LogP contribution in [0.15, 0.2) is 30.5 Å². The molecule has 1 aromatic heterocycles. The van der Waals surface area contributed by atoms with Gasteiger partial charge in [-0.05, 0) is 76.6 Å². The number of esters is 1. The summed E-state index contributed by atoms with van der Waals surface area (Å²) in [5.74, 6) is 0.389. The molecular weight excluding hydrogens is 394 g/mol. The van der Waals surface area contributed by atoms with Crippen molar-refractivity contribution < 1.29 is 19.1 Å². The van der Waals surface area contributed by atoms with Gasteiger partial charge >= 0.3 is 5.97 Å². The molecule has 0 aliphatic heterocycles. The van der Waals surface area contributed by atoms with E-state index in [9.17, 15) is 14.4 Å². The van der Waals surface area contributed by atoms with Gasteiger partial charge in [0.05, 0.1) is 12.3 Å². The van der Waals surface area contributed by atoms with Crippen molar-refractivity contribution in [1.82, 2.24) is 9.78 Å². The zero-order valence-electron chi connectivity index (χ0n) is 18.7. The second-order valence-electron chi connectivity index (χ2n) is 8.50. The summed E-state index contributed by atoms with van der Waals surface area (Å²) < 4.78 is 6.80. The first-order chi connectivity index (χ1) is 14.8. The summed E-state index contributed by atoms with van der Waals surface area (Å²) >= 11 is 0. The van der Waals surface area contributed by atoms with Gasteiger partial charge in [0.15, 0.2) is 5.82 Å². The van der Waals surface area contributed by atoms with Crippen LogP contribution in [0.4, 0.5) is 5.82 Å². The average molecular weight is 426 g/mol. The molecule has 1 aliphatic carbocycles. The maximum atomic E-state index is 13.5. The van der Waals surface area contributed by atoms with E-state index in [4.69, 9.17) is 4.74 Å². The normalized spacial score (nSPS) is 18.6. The van der Waals surface area contributed by atoms with Crippen LogP contribution in [0.3, 0.4) is 0 Å². The molecule has 0 N–H and O–H groups in total. The van der Waals surface area contributed by atoms with Gasteiger partial charge in [-0.2, -0.15) is 0 Å². The average Bonchev–Trinajstić information content (AvgIpc) is 3.19. The van der Waals surface area contributed by atoms with Crippen molar-refractivity contribution in [3.8, 4) is 5.69 Å². The number of hydrogen-bond donors (Lipinski definition) is 0. The highest BCUT2D eigenvalue weighted by Gasteiger charge is 2.34. The van der Waals surface area contributed by atoms with Gasteiger partial charge in [-0.15, -0.1) is 5.10 Å². The number of hydrogen-bond acceptors (Lipinski definition) is 5. The van der Waals surface area contributed by atoms with Crippen molar-refractivity contribution in [3.63, 3.8) is 0 Å². The molecule has 1 amide bonds. The van der Waals surface area contributed by atoms with E-state index in [2.05, 4.69) is 12.0 Å². The lowest BCUT2D eigenvalue weighted by Crippen LogP contribution is -2.43. The Hall–Kier alpha value is -2.96. The zero-order valence-corrected chi connectivity index (χ0v) is 18.7. The van der Waals surface area contributed by atoms with Gasteiger partial charge in [-0.1, -0.05) is 6.92 Å². The molecule has 2 aromatic rings. The van der Waals surface area contributed by atoms with E-state index in [0.717, 1.165) is 32.0 Å². The summed E-state index contributed by atoms with van der Waals surface area (Å²) in [4.78, 5) is 38.8. The number of ether oxygens (including phenoxy) is 1. The third-order valence-corrected chi connectivity index (χ3v) is 5.83. The Morgan fingerprint density at radius 3 is 2.39 bits per heavy atom. The quantitative estimate of drug-likeness (QED) is 0.484. The molecule has 7 nitrogen and oxygen atoms in total. The highest BCUT2D eigenvalue weighted by atomic mass is 16.5. The molecule has 7 heteroatoms. The monoisotopic (exact) mass is 425 g/mol. The third-order valence-electron chi connectivity index (χ3n) is 5.83. The van der Waals surface area contributed by atoms with E-state index in [0.29, 0.717) is 23.0 Å². The number of benzene rings is 1. The number of carbonyl (C=O) groups is 3. The first-order valence-corrected chi connectivity index (χ1v) is 11.0. The Morgan fingerprint density at radius 2 is 1.84 bits per heavy atom. The first kappa shape index (κ1) is 22.7. The number of nitrogens with zero attached hydrogens (tertiary/aromatic N) is 3. The van der Waals surface area contributed by atoms with Crippen LogP contribution in [0.1, 0.15) is 74.1 Å². The van der Waals surface area contributed by atoms with Crippen LogP contribution in [-0.4, -0.2) is 40.6 Å². The SMILES string of the molecule is CCOC(=O)c1cn(-c2ccc(C=O)cc2)nc1N(C(=O)[C@H]1CC[C@H](C)CC1)C(C)C.